The predicted molar refractivity (Wildman–Crippen MR) is 38.0 cm³/mol. The number of hydrogen-bond acceptors (Lipinski definition) is 2. The molecule has 0 unspecified atom stereocenters. The molecule has 0 N–H and O–H groups in total. The third-order valence-corrected chi connectivity index (χ3v) is 3.91. The Morgan fingerprint density at radius 1 is 1.50 bits per heavy atom. The zero-order chi connectivity index (χ0) is 7.83. The highest BCUT2D eigenvalue weighted by atomic mass is 32.2. The lowest BCUT2D eigenvalue weighted by atomic mass is 9.93. The number of sulfone groups is 1. The van der Waals surface area contributed by atoms with Gasteiger partial charge in [0.25, 0.3) is 0 Å². The summed E-state index contributed by atoms with van der Waals surface area (Å²) in [6.45, 7) is 6.71. The van der Waals surface area contributed by atoms with Crippen LogP contribution >= 0.6 is 0 Å². The van der Waals surface area contributed by atoms with E-state index in [0.29, 0.717) is 12.8 Å². The zero-order valence-electron chi connectivity index (χ0n) is 5.79. The first-order valence-corrected chi connectivity index (χ1v) is 4.99. The van der Waals surface area contributed by atoms with Crippen LogP contribution in [0.5, 0.6) is 0 Å². The van der Waals surface area contributed by atoms with Crippen molar-refractivity contribution in [2.75, 3.05) is 6.26 Å². The molecule has 1 fully saturated rings. The molecule has 0 aromatic rings. The highest BCUT2D eigenvalue weighted by Gasteiger charge is 2.53. The molecule has 1 saturated carbocycles. The molecule has 0 amide bonds. The maximum Gasteiger partial charge on any atom is 0.328 e. The minimum Gasteiger partial charge on any atom is -0.293 e. The molecule has 0 bridgehead atoms. The molecule has 1 aliphatic rings. The van der Waals surface area contributed by atoms with Crippen LogP contribution in [-0.4, -0.2) is 19.5 Å². The Labute approximate surface area is 60.8 Å². The first kappa shape index (κ1) is 7.55. The van der Waals surface area contributed by atoms with Crippen LogP contribution in [0.25, 0.3) is 4.85 Å². The largest absolute Gasteiger partial charge is 0.328 e. The maximum absolute atomic E-state index is 11.0. The van der Waals surface area contributed by atoms with Crippen molar-refractivity contribution < 1.29 is 8.42 Å². The van der Waals surface area contributed by atoms with Crippen LogP contribution in [0.4, 0.5) is 0 Å². The van der Waals surface area contributed by atoms with Crippen molar-refractivity contribution >= 4 is 9.84 Å². The lowest BCUT2D eigenvalue weighted by Gasteiger charge is -2.27. The van der Waals surface area contributed by atoms with Gasteiger partial charge < -0.3 is 0 Å². The molecule has 1 rings (SSSR count). The molecule has 0 heterocycles. The van der Waals surface area contributed by atoms with Crippen molar-refractivity contribution in [1.82, 2.24) is 0 Å². The van der Waals surface area contributed by atoms with E-state index in [9.17, 15) is 8.42 Å². The molecule has 10 heavy (non-hydrogen) atoms. The summed E-state index contributed by atoms with van der Waals surface area (Å²) in [5.41, 5.74) is 0. The molecule has 4 heteroatoms. The summed E-state index contributed by atoms with van der Waals surface area (Å²) >= 11 is 0. The topological polar surface area (TPSA) is 38.5 Å². The average molecular weight is 159 g/mol. The summed E-state index contributed by atoms with van der Waals surface area (Å²) in [6.07, 6.45) is 3.06. The molecule has 0 spiro atoms. The normalized spacial score (nSPS) is 22.8. The SMILES string of the molecule is [C-]#[N+]C1(S(C)(=O)=O)CCC1. The van der Waals surface area contributed by atoms with Crippen molar-refractivity contribution in [3.8, 4) is 0 Å². The fourth-order valence-corrected chi connectivity index (χ4v) is 2.24. The Morgan fingerprint density at radius 3 is 2.00 bits per heavy atom. The van der Waals surface area contributed by atoms with Gasteiger partial charge in [0.15, 0.2) is 0 Å². The quantitative estimate of drug-likeness (QED) is 0.531. The minimum atomic E-state index is -3.13. The maximum atomic E-state index is 11.0. The van der Waals surface area contributed by atoms with Gasteiger partial charge in [-0.2, -0.15) is 0 Å². The summed E-state index contributed by atoms with van der Waals surface area (Å²) in [5.74, 6) is 0. The van der Waals surface area contributed by atoms with Gasteiger partial charge in [0.2, 0.25) is 9.84 Å². The lowest BCUT2D eigenvalue weighted by Crippen LogP contribution is -2.41. The smallest absolute Gasteiger partial charge is 0.293 e. The van der Waals surface area contributed by atoms with E-state index in [1.165, 1.54) is 0 Å². The second-order valence-corrected chi connectivity index (χ2v) is 4.99. The second-order valence-electron chi connectivity index (χ2n) is 2.68. The number of hydrogen-bond donors (Lipinski definition) is 0. The van der Waals surface area contributed by atoms with Crippen molar-refractivity contribution in [3.63, 3.8) is 0 Å². The summed E-state index contributed by atoms with van der Waals surface area (Å²) in [5, 5.41) is 0. The zero-order valence-corrected chi connectivity index (χ0v) is 6.61. The molecule has 0 radical (unpaired) electrons. The molecule has 0 aromatic heterocycles. The Bertz CT molecular complexity index is 269. The van der Waals surface area contributed by atoms with E-state index in [1.807, 2.05) is 0 Å². The molecular formula is C6H9NO2S. The van der Waals surface area contributed by atoms with Crippen LogP contribution in [0.3, 0.4) is 0 Å². The first-order valence-electron chi connectivity index (χ1n) is 3.10. The molecule has 3 nitrogen and oxygen atoms in total. The van der Waals surface area contributed by atoms with Crippen molar-refractivity contribution in [2.24, 2.45) is 0 Å². The second kappa shape index (κ2) is 1.96. The fraction of sp³-hybridized carbons (Fsp3) is 0.833. The van der Waals surface area contributed by atoms with Crippen LogP contribution in [0.2, 0.25) is 0 Å². The first-order chi connectivity index (χ1) is 4.52. The van der Waals surface area contributed by atoms with Gasteiger partial charge in [0.1, 0.15) is 0 Å². The fourth-order valence-electron chi connectivity index (χ4n) is 1.04. The summed E-state index contributed by atoms with van der Waals surface area (Å²) in [4.78, 5) is 2.12. The van der Waals surface area contributed by atoms with Gasteiger partial charge in [-0.3, -0.25) is 4.85 Å². The van der Waals surface area contributed by atoms with E-state index in [4.69, 9.17) is 6.57 Å². The van der Waals surface area contributed by atoms with E-state index in [-0.39, 0.29) is 0 Å². The molecule has 1 aliphatic carbocycles. The third kappa shape index (κ3) is 0.816. The van der Waals surface area contributed by atoms with Gasteiger partial charge in [-0.15, -0.1) is 0 Å². The highest BCUT2D eigenvalue weighted by Crippen LogP contribution is 2.39. The van der Waals surface area contributed by atoms with Gasteiger partial charge >= 0.3 is 4.87 Å². The van der Waals surface area contributed by atoms with Crippen LogP contribution in [-0.2, 0) is 9.84 Å². The standard InChI is InChI=1S/C6H9NO2S/c1-7-6(4-3-5-6)10(2,8)9/h3-5H2,2H3. The van der Waals surface area contributed by atoms with Crippen LogP contribution < -0.4 is 0 Å². The van der Waals surface area contributed by atoms with Crippen LogP contribution in [0.1, 0.15) is 19.3 Å². The Balaban J connectivity index is 3.00. The van der Waals surface area contributed by atoms with E-state index in [2.05, 4.69) is 4.85 Å². The van der Waals surface area contributed by atoms with Crippen molar-refractivity contribution in [2.45, 2.75) is 24.1 Å². The van der Waals surface area contributed by atoms with E-state index in [1.54, 1.807) is 0 Å². The Kier molecular flexibility index (Phi) is 1.48. The lowest BCUT2D eigenvalue weighted by molar-refractivity contribution is 0.398. The average Bonchev–Trinajstić information content (AvgIpc) is 1.58. The third-order valence-electron chi connectivity index (χ3n) is 2.03. The summed E-state index contributed by atoms with van der Waals surface area (Å²) < 4.78 is 21.9. The summed E-state index contributed by atoms with van der Waals surface area (Å²) in [7, 11) is -3.13. The Hall–Kier alpha value is -0.560. The van der Waals surface area contributed by atoms with Crippen molar-refractivity contribution in [3.05, 3.63) is 11.4 Å². The van der Waals surface area contributed by atoms with Crippen LogP contribution in [0.15, 0.2) is 0 Å². The van der Waals surface area contributed by atoms with E-state index in [0.717, 1.165) is 12.7 Å². The van der Waals surface area contributed by atoms with Crippen LogP contribution in [0, 0.1) is 6.57 Å². The van der Waals surface area contributed by atoms with Crippen molar-refractivity contribution in [1.29, 1.82) is 0 Å². The molecule has 0 aromatic carbocycles. The van der Waals surface area contributed by atoms with Gasteiger partial charge in [-0.25, -0.2) is 15.0 Å². The molecule has 0 saturated heterocycles. The summed E-state index contributed by atoms with van der Waals surface area (Å²) in [6, 6.07) is 0. The number of rotatable bonds is 1. The monoisotopic (exact) mass is 159 g/mol. The van der Waals surface area contributed by atoms with Gasteiger partial charge in [-0.1, -0.05) is 0 Å². The predicted octanol–water partition coefficient (Wildman–Crippen LogP) is 0.830. The molecule has 56 valence electrons. The minimum absolute atomic E-state index is 0.523. The van der Waals surface area contributed by atoms with Gasteiger partial charge in [0.05, 0.1) is 0 Å². The van der Waals surface area contributed by atoms with E-state index >= 15 is 0 Å². The van der Waals surface area contributed by atoms with Gasteiger partial charge in [0, 0.05) is 19.1 Å². The van der Waals surface area contributed by atoms with E-state index < -0.39 is 14.7 Å². The number of nitrogens with zero attached hydrogens (tertiary/aromatic N) is 1. The Morgan fingerprint density at radius 2 is 2.00 bits per heavy atom. The molecular weight excluding hydrogens is 150 g/mol. The molecule has 0 atom stereocenters. The van der Waals surface area contributed by atoms with Gasteiger partial charge in [-0.05, 0) is 6.42 Å². The highest BCUT2D eigenvalue weighted by molar-refractivity contribution is 7.92. The molecule has 0 aliphatic heterocycles.